The van der Waals surface area contributed by atoms with Gasteiger partial charge in [-0.25, -0.2) is 4.98 Å². The SMILES string of the molecule is CN(CCCc1ccccc1)C(=O)c1ncn[nH]1. The van der Waals surface area contributed by atoms with E-state index in [9.17, 15) is 4.79 Å². The van der Waals surface area contributed by atoms with Crippen LogP contribution in [0.4, 0.5) is 0 Å². The third-order valence-corrected chi connectivity index (χ3v) is 2.77. The Labute approximate surface area is 106 Å². The first-order valence-electron chi connectivity index (χ1n) is 5.92. The maximum absolute atomic E-state index is 11.8. The molecule has 0 atom stereocenters. The number of benzene rings is 1. The quantitative estimate of drug-likeness (QED) is 0.867. The minimum atomic E-state index is -0.124. The van der Waals surface area contributed by atoms with Gasteiger partial charge in [0, 0.05) is 13.6 Å². The molecule has 2 aromatic rings. The zero-order valence-electron chi connectivity index (χ0n) is 10.3. The maximum Gasteiger partial charge on any atom is 0.290 e. The van der Waals surface area contributed by atoms with Crippen molar-refractivity contribution in [1.29, 1.82) is 0 Å². The topological polar surface area (TPSA) is 61.9 Å². The average molecular weight is 244 g/mol. The average Bonchev–Trinajstić information content (AvgIpc) is 2.93. The first kappa shape index (κ1) is 12.3. The molecule has 0 aliphatic rings. The molecule has 0 aliphatic carbocycles. The van der Waals surface area contributed by atoms with Crippen molar-refractivity contribution >= 4 is 5.91 Å². The van der Waals surface area contributed by atoms with Crippen LogP contribution in [0, 0.1) is 0 Å². The van der Waals surface area contributed by atoms with Gasteiger partial charge >= 0.3 is 0 Å². The summed E-state index contributed by atoms with van der Waals surface area (Å²) in [5.41, 5.74) is 1.29. The number of hydrogen-bond donors (Lipinski definition) is 1. The monoisotopic (exact) mass is 244 g/mol. The second-order valence-electron chi connectivity index (χ2n) is 4.15. The second-order valence-corrected chi connectivity index (χ2v) is 4.15. The first-order chi connectivity index (χ1) is 8.77. The lowest BCUT2D eigenvalue weighted by Gasteiger charge is -2.15. The zero-order valence-corrected chi connectivity index (χ0v) is 10.3. The van der Waals surface area contributed by atoms with Crippen LogP contribution in [0.3, 0.4) is 0 Å². The van der Waals surface area contributed by atoms with Gasteiger partial charge in [-0.05, 0) is 18.4 Å². The largest absolute Gasteiger partial charge is 0.339 e. The number of hydrogen-bond acceptors (Lipinski definition) is 3. The van der Waals surface area contributed by atoms with Gasteiger partial charge in [0.1, 0.15) is 6.33 Å². The van der Waals surface area contributed by atoms with Crippen LogP contribution in [0.25, 0.3) is 0 Å². The molecule has 0 radical (unpaired) electrons. The van der Waals surface area contributed by atoms with E-state index >= 15 is 0 Å². The van der Waals surface area contributed by atoms with Crippen molar-refractivity contribution in [2.75, 3.05) is 13.6 Å². The van der Waals surface area contributed by atoms with Crippen molar-refractivity contribution in [2.45, 2.75) is 12.8 Å². The summed E-state index contributed by atoms with van der Waals surface area (Å²) in [6, 6.07) is 10.2. The Morgan fingerprint density at radius 3 is 2.78 bits per heavy atom. The van der Waals surface area contributed by atoms with Gasteiger partial charge in [-0.3, -0.25) is 9.89 Å². The Bertz CT molecular complexity index is 481. The third-order valence-electron chi connectivity index (χ3n) is 2.77. The van der Waals surface area contributed by atoms with Crippen LogP contribution in [0.15, 0.2) is 36.7 Å². The first-order valence-corrected chi connectivity index (χ1v) is 5.92. The summed E-state index contributed by atoms with van der Waals surface area (Å²) in [6.07, 6.45) is 3.24. The van der Waals surface area contributed by atoms with Crippen LogP contribution in [0.2, 0.25) is 0 Å². The van der Waals surface area contributed by atoms with Gasteiger partial charge in [-0.2, -0.15) is 5.10 Å². The third kappa shape index (κ3) is 3.16. The Balaban J connectivity index is 1.79. The van der Waals surface area contributed by atoms with Gasteiger partial charge in [0.05, 0.1) is 0 Å². The molecule has 18 heavy (non-hydrogen) atoms. The molecule has 1 aromatic carbocycles. The molecule has 5 heteroatoms. The second kappa shape index (κ2) is 5.95. The lowest BCUT2D eigenvalue weighted by Crippen LogP contribution is -2.28. The highest BCUT2D eigenvalue weighted by Gasteiger charge is 2.13. The predicted octanol–water partition coefficient (Wildman–Crippen LogP) is 1.51. The standard InChI is InChI=1S/C13H16N4O/c1-17(13(18)12-14-10-15-16-12)9-5-8-11-6-3-2-4-7-11/h2-4,6-7,10H,5,8-9H2,1H3,(H,14,15,16). The Morgan fingerprint density at radius 2 is 2.11 bits per heavy atom. The van der Waals surface area contributed by atoms with E-state index in [-0.39, 0.29) is 11.7 Å². The fourth-order valence-corrected chi connectivity index (χ4v) is 1.76. The molecule has 1 aromatic heterocycles. The number of amides is 1. The highest BCUT2D eigenvalue weighted by atomic mass is 16.2. The summed E-state index contributed by atoms with van der Waals surface area (Å²) in [7, 11) is 1.77. The predicted molar refractivity (Wildman–Crippen MR) is 68.1 cm³/mol. The minimum Gasteiger partial charge on any atom is -0.339 e. The molecular formula is C13H16N4O. The van der Waals surface area contributed by atoms with E-state index in [1.54, 1.807) is 11.9 Å². The van der Waals surface area contributed by atoms with Crippen LogP contribution >= 0.6 is 0 Å². The zero-order chi connectivity index (χ0) is 12.8. The van der Waals surface area contributed by atoms with Crippen LogP contribution in [0.1, 0.15) is 22.6 Å². The minimum absolute atomic E-state index is 0.124. The Morgan fingerprint density at radius 1 is 1.33 bits per heavy atom. The van der Waals surface area contributed by atoms with Crippen molar-refractivity contribution in [3.63, 3.8) is 0 Å². The molecule has 0 fully saturated rings. The van der Waals surface area contributed by atoms with Crippen LogP contribution in [-0.4, -0.2) is 39.6 Å². The van der Waals surface area contributed by atoms with E-state index in [1.165, 1.54) is 11.9 Å². The van der Waals surface area contributed by atoms with Gasteiger partial charge in [0.25, 0.3) is 5.91 Å². The van der Waals surface area contributed by atoms with Crippen molar-refractivity contribution in [3.8, 4) is 0 Å². The summed E-state index contributed by atoms with van der Waals surface area (Å²) in [5.74, 6) is 0.165. The molecule has 0 aliphatic heterocycles. The number of nitrogens with one attached hydrogen (secondary N) is 1. The summed E-state index contributed by atoms with van der Waals surface area (Å²) < 4.78 is 0. The van der Waals surface area contributed by atoms with Crippen LogP contribution in [-0.2, 0) is 6.42 Å². The lowest BCUT2D eigenvalue weighted by molar-refractivity contribution is 0.0782. The molecule has 1 amide bonds. The van der Waals surface area contributed by atoms with Crippen molar-refractivity contribution in [2.24, 2.45) is 0 Å². The molecule has 2 rings (SSSR count). The van der Waals surface area contributed by atoms with Gasteiger partial charge in [0.15, 0.2) is 0 Å². The molecule has 5 nitrogen and oxygen atoms in total. The van der Waals surface area contributed by atoms with Gasteiger partial charge in [-0.15, -0.1) is 0 Å². The molecule has 1 heterocycles. The molecule has 0 unspecified atom stereocenters. The molecule has 94 valence electrons. The molecule has 1 N–H and O–H groups in total. The van der Waals surface area contributed by atoms with E-state index in [0.717, 1.165) is 12.8 Å². The summed E-state index contributed by atoms with van der Waals surface area (Å²) in [6.45, 7) is 0.703. The van der Waals surface area contributed by atoms with E-state index in [0.29, 0.717) is 6.54 Å². The number of nitrogens with zero attached hydrogens (tertiary/aromatic N) is 3. The lowest BCUT2D eigenvalue weighted by atomic mass is 10.1. The normalized spacial score (nSPS) is 10.3. The fourth-order valence-electron chi connectivity index (χ4n) is 1.76. The maximum atomic E-state index is 11.8. The van der Waals surface area contributed by atoms with Gasteiger partial charge in [0.2, 0.25) is 5.82 Å². The van der Waals surface area contributed by atoms with E-state index in [1.807, 2.05) is 18.2 Å². The molecular weight excluding hydrogens is 228 g/mol. The summed E-state index contributed by atoms with van der Waals surface area (Å²) in [4.78, 5) is 17.3. The number of H-pyrrole nitrogens is 1. The fraction of sp³-hybridized carbons (Fsp3) is 0.308. The van der Waals surface area contributed by atoms with Crippen LogP contribution < -0.4 is 0 Å². The molecule has 0 spiro atoms. The number of carbonyl (C=O) groups is 1. The van der Waals surface area contributed by atoms with E-state index < -0.39 is 0 Å². The van der Waals surface area contributed by atoms with Gasteiger partial charge < -0.3 is 4.90 Å². The molecule has 0 bridgehead atoms. The van der Waals surface area contributed by atoms with E-state index in [4.69, 9.17) is 0 Å². The van der Waals surface area contributed by atoms with Gasteiger partial charge in [-0.1, -0.05) is 30.3 Å². The van der Waals surface area contributed by atoms with Crippen molar-refractivity contribution in [1.82, 2.24) is 20.1 Å². The number of aryl methyl sites for hydroxylation is 1. The van der Waals surface area contributed by atoms with Crippen molar-refractivity contribution in [3.05, 3.63) is 48.0 Å². The summed E-state index contributed by atoms with van der Waals surface area (Å²) in [5, 5.41) is 6.24. The smallest absolute Gasteiger partial charge is 0.290 e. The number of carbonyl (C=O) groups excluding carboxylic acids is 1. The highest BCUT2D eigenvalue weighted by molar-refractivity contribution is 5.90. The number of aromatic nitrogens is 3. The van der Waals surface area contributed by atoms with Crippen LogP contribution in [0.5, 0.6) is 0 Å². The van der Waals surface area contributed by atoms with E-state index in [2.05, 4.69) is 27.3 Å². The molecule has 0 saturated carbocycles. The number of aromatic amines is 1. The Hall–Kier alpha value is -2.17. The highest BCUT2D eigenvalue weighted by Crippen LogP contribution is 2.04. The summed E-state index contributed by atoms with van der Waals surface area (Å²) >= 11 is 0. The molecule has 0 saturated heterocycles. The van der Waals surface area contributed by atoms with Crippen molar-refractivity contribution < 1.29 is 4.79 Å². The number of rotatable bonds is 5. The Kier molecular flexibility index (Phi) is 4.06.